The molecule has 3 heterocycles. The Morgan fingerprint density at radius 1 is 1.29 bits per heavy atom. The average Bonchev–Trinajstić information content (AvgIpc) is 3.20. The molecule has 4 rings (SSSR count). The van der Waals surface area contributed by atoms with E-state index in [1.807, 2.05) is 25.1 Å². The van der Waals surface area contributed by atoms with E-state index in [4.69, 9.17) is 0 Å². The van der Waals surface area contributed by atoms with Gasteiger partial charge in [-0.05, 0) is 63.8 Å². The normalized spacial score (nSPS) is 21.9. The van der Waals surface area contributed by atoms with Gasteiger partial charge in [-0.3, -0.25) is 14.8 Å². The summed E-state index contributed by atoms with van der Waals surface area (Å²) in [6.07, 6.45) is 0.899. The van der Waals surface area contributed by atoms with Crippen molar-refractivity contribution in [2.75, 3.05) is 11.9 Å². The zero-order valence-electron chi connectivity index (χ0n) is 20.1. The number of likely N-dealkylation sites (tertiary alicyclic amines) is 1. The van der Waals surface area contributed by atoms with E-state index in [-0.39, 0.29) is 24.2 Å². The lowest BCUT2D eigenvalue weighted by Gasteiger charge is -2.46. The van der Waals surface area contributed by atoms with Crippen LogP contribution in [0.25, 0.3) is 0 Å². The van der Waals surface area contributed by atoms with Crippen molar-refractivity contribution in [3.05, 3.63) is 70.8 Å². The van der Waals surface area contributed by atoms with Crippen LogP contribution in [-0.2, 0) is 11.2 Å². The number of aromatic nitrogens is 3. The Bertz CT molecular complexity index is 1180. The van der Waals surface area contributed by atoms with Gasteiger partial charge in [0.1, 0.15) is 11.6 Å². The van der Waals surface area contributed by atoms with E-state index in [0.717, 1.165) is 5.69 Å². The van der Waals surface area contributed by atoms with E-state index in [1.165, 1.54) is 23.3 Å². The second kappa shape index (κ2) is 9.54. The number of aliphatic carboxylic acids is 1. The molecule has 1 saturated heterocycles. The number of aryl methyl sites for hydroxylation is 2. The van der Waals surface area contributed by atoms with Crippen molar-refractivity contribution in [1.29, 1.82) is 0 Å². The van der Waals surface area contributed by atoms with Crippen LogP contribution in [0.4, 0.5) is 16.0 Å². The number of nitrogens with one attached hydrogen (secondary N) is 2. The third kappa shape index (κ3) is 4.82. The number of benzene rings is 1. The number of hydrogen-bond acceptors (Lipinski definition) is 5. The smallest absolute Gasteiger partial charge is 0.310 e. The van der Waals surface area contributed by atoms with Gasteiger partial charge in [-0.2, -0.15) is 5.10 Å². The molecular formula is C26H32FN5O2. The summed E-state index contributed by atoms with van der Waals surface area (Å²) in [4.78, 5) is 19.3. The van der Waals surface area contributed by atoms with Crippen LogP contribution in [0.2, 0.25) is 0 Å². The summed E-state index contributed by atoms with van der Waals surface area (Å²) in [6, 6.07) is 13.2. The first kappa shape index (κ1) is 23.9. The van der Waals surface area contributed by atoms with Crippen molar-refractivity contribution in [2.45, 2.75) is 59.0 Å². The van der Waals surface area contributed by atoms with Crippen molar-refractivity contribution in [3.8, 4) is 0 Å². The molecule has 1 fully saturated rings. The second-order valence-corrected chi connectivity index (χ2v) is 9.52. The van der Waals surface area contributed by atoms with Gasteiger partial charge in [-0.1, -0.05) is 24.3 Å². The molecule has 1 aliphatic rings. The summed E-state index contributed by atoms with van der Waals surface area (Å²) < 4.78 is 14.8. The largest absolute Gasteiger partial charge is 0.481 e. The number of anilines is 2. The minimum atomic E-state index is -1.07. The maximum absolute atomic E-state index is 14.8. The van der Waals surface area contributed by atoms with E-state index in [0.29, 0.717) is 31.0 Å². The molecule has 0 spiro atoms. The van der Waals surface area contributed by atoms with Crippen LogP contribution in [0.3, 0.4) is 0 Å². The highest BCUT2D eigenvalue weighted by molar-refractivity contribution is 5.75. The summed E-state index contributed by atoms with van der Waals surface area (Å²) in [5, 5.41) is 20.3. The Hall–Kier alpha value is -3.26. The number of piperidine rings is 1. The number of nitrogens with zero attached hydrogens (tertiary/aromatic N) is 3. The molecule has 1 aliphatic heterocycles. The topological polar surface area (TPSA) is 94.1 Å². The highest BCUT2D eigenvalue weighted by Gasteiger charge is 2.46. The lowest BCUT2D eigenvalue weighted by Crippen LogP contribution is -2.50. The first-order valence-electron chi connectivity index (χ1n) is 11.7. The molecule has 0 aliphatic carbocycles. The second-order valence-electron chi connectivity index (χ2n) is 9.52. The highest BCUT2D eigenvalue weighted by atomic mass is 19.1. The summed E-state index contributed by atoms with van der Waals surface area (Å²) >= 11 is 0. The Balaban J connectivity index is 1.54. The van der Waals surface area contributed by atoms with Gasteiger partial charge in [0, 0.05) is 36.8 Å². The molecule has 1 aromatic carbocycles. The number of carboxylic acids is 1. The Labute approximate surface area is 199 Å². The number of rotatable bonds is 7. The maximum Gasteiger partial charge on any atom is 0.310 e. The van der Waals surface area contributed by atoms with Crippen molar-refractivity contribution in [1.82, 2.24) is 20.1 Å². The minimum absolute atomic E-state index is 0.0239. The highest BCUT2D eigenvalue weighted by Crippen LogP contribution is 2.41. The zero-order chi connectivity index (χ0) is 24.5. The lowest BCUT2D eigenvalue weighted by atomic mass is 9.71. The monoisotopic (exact) mass is 465 g/mol. The van der Waals surface area contributed by atoms with Gasteiger partial charge in [0.05, 0.1) is 11.1 Å². The lowest BCUT2D eigenvalue weighted by molar-refractivity contribution is -0.154. The Morgan fingerprint density at radius 2 is 2.06 bits per heavy atom. The first-order chi connectivity index (χ1) is 16.2. The molecule has 0 amide bonds. The molecule has 3 N–H and O–H groups in total. The summed E-state index contributed by atoms with van der Waals surface area (Å²) in [5.41, 5.74) is 2.44. The van der Waals surface area contributed by atoms with Gasteiger partial charge < -0.3 is 10.4 Å². The van der Waals surface area contributed by atoms with E-state index in [9.17, 15) is 14.3 Å². The summed E-state index contributed by atoms with van der Waals surface area (Å²) in [6.45, 7) is 8.83. The predicted molar refractivity (Wildman–Crippen MR) is 130 cm³/mol. The van der Waals surface area contributed by atoms with Crippen LogP contribution in [-0.4, -0.2) is 43.7 Å². The molecule has 3 aromatic rings. The Morgan fingerprint density at radius 3 is 2.71 bits per heavy atom. The molecule has 2 aromatic heterocycles. The van der Waals surface area contributed by atoms with Gasteiger partial charge in [0.15, 0.2) is 5.82 Å². The molecule has 0 saturated carbocycles. The molecule has 34 heavy (non-hydrogen) atoms. The number of H-pyrrole nitrogens is 1. The van der Waals surface area contributed by atoms with E-state index in [2.05, 4.69) is 58.3 Å². The van der Waals surface area contributed by atoms with E-state index in [1.54, 1.807) is 0 Å². The van der Waals surface area contributed by atoms with Crippen LogP contribution >= 0.6 is 0 Å². The molecular weight excluding hydrogens is 433 g/mol. The van der Waals surface area contributed by atoms with Gasteiger partial charge in [-0.15, -0.1) is 0 Å². The molecule has 0 radical (unpaired) electrons. The first-order valence-corrected chi connectivity index (χ1v) is 11.7. The molecule has 180 valence electrons. The Kier molecular flexibility index (Phi) is 6.70. The fraction of sp³-hybridized carbons (Fsp3) is 0.423. The van der Waals surface area contributed by atoms with Crippen molar-refractivity contribution in [3.63, 3.8) is 0 Å². The van der Waals surface area contributed by atoms with Crippen LogP contribution in [0.5, 0.6) is 0 Å². The summed E-state index contributed by atoms with van der Waals surface area (Å²) in [5.74, 6) is -0.387. The molecule has 0 bridgehead atoms. The van der Waals surface area contributed by atoms with Gasteiger partial charge in [0.25, 0.3) is 0 Å². The number of hydrogen-bond donors (Lipinski definition) is 3. The quantitative estimate of drug-likeness (QED) is 0.446. The number of carboxylic acid groups (broad SMARTS) is 1. The van der Waals surface area contributed by atoms with Crippen molar-refractivity contribution >= 4 is 17.6 Å². The van der Waals surface area contributed by atoms with Crippen LogP contribution in [0.1, 0.15) is 55.2 Å². The standard InChI is InChI=1S/C26H32FN5O2/c1-16-7-5-6-8-20(16)19(4)32-12-11-26(25(33)34,14-18(32)3)15-22-21(27)9-10-23(28-22)29-24-13-17(2)30-31-24/h5-10,13,18-19H,11-12,14-15H2,1-4H3,(H,33,34)(H2,28,29,30,31)/t18-,19-,26-/m1/s1. The number of carbonyl (C=O) groups is 1. The van der Waals surface area contributed by atoms with Gasteiger partial charge >= 0.3 is 5.97 Å². The van der Waals surface area contributed by atoms with E-state index >= 15 is 0 Å². The fourth-order valence-corrected chi connectivity index (χ4v) is 5.20. The van der Waals surface area contributed by atoms with Crippen molar-refractivity contribution < 1.29 is 14.3 Å². The number of aromatic amines is 1. The number of pyridine rings is 1. The fourth-order valence-electron chi connectivity index (χ4n) is 5.20. The van der Waals surface area contributed by atoms with Crippen LogP contribution < -0.4 is 5.32 Å². The molecule has 8 heteroatoms. The molecule has 0 unspecified atom stereocenters. The average molecular weight is 466 g/mol. The van der Waals surface area contributed by atoms with Crippen LogP contribution in [0.15, 0.2) is 42.5 Å². The van der Waals surface area contributed by atoms with Gasteiger partial charge in [-0.25, -0.2) is 9.37 Å². The van der Waals surface area contributed by atoms with E-state index < -0.39 is 17.2 Å². The minimum Gasteiger partial charge on any atom is -0.481 e. The van der Waals surface area contributed by atoms with Crippen molar-refractivity contribution in [2.24, 2.45) is 5.41 Å². The molecule has 3 atom stereocenters. The summed E-state index contributed by atoms with van der Waals surface area (Å²) in [7, 11) is 0. The zero-order valence-corrected chi connectivity index (χ0v) is 20.1. The SMILES string of the molecule is Cc1cc(Nc2ccc(F)c(C[C@@]3(C(=O)O)CCN([C@H](C)c4ccccc4C)[C@H](C)C3)n2)n[nH]1. The van der Waals surface area contributed by atoms with Gasteiger partial charge in [0.2, 0.25) is 0 Å². The van der Waals surface area contributed by atoms with Crippen LogP contribution in [0, 0.1) is 25.1 Å². The third-order valence-electron chi connectivity index (χ3n) is 7.08. The molecule has 7 nitrogen and oxygen atoms in total. The maximum atomic E-state index is 14.8. The number of halogens is 1. The third-order valence-corrected chi connectivity index (χ3v) is 7.08. The predicted octanol–water partition coefficient (Wildman–Crippen LogP) is 5.16.